The van der Waals surface area contributed by atoms with E-state index in [4.69, 9.17) is 4.74 Å². The molecular weight excluding hydrogens is 264 g/mol. The van der Waals surface area contributed by atoms with Crippen LogP contribution in [0, 0.1) is 22.7 Å². The number of hydrogen-bond acceptors (Lipinski definition) is 4. The monoisotopic (exact) mass is 288 g/mol. The molecule has 0 aromatic carbocycles. The van der Waals surface area contributed by atoms with Crippen LogP contribution in [0.5, 0.6) is 5.88 Å². The third-order valence-electron chi connectivity index (χ3n) is 4.72. The lowest BCUT2D eigenvalue weighted by Gasteiger charge is -2.38. The van der Waals surface area contributed by atoms with E-state index >= 15 is 0 Å². The Bertz CT molecular complexity index is 485. The minimum atomic E-state index is -0.775. The van der Waals surface area contributed by atoms with Crippen molar-refractivity contribution in [3.8, 4) is 11.9 Å². The molecule has 1 N–H and O–H groups in total. The van der Waals surface area contributed by atoms with E-state index in [2.05, 4.69) is 18.0 Å². The van der Waals surface area contributed by atoms with Gasteiger partial charge in [-0.1, -0.05) is 19.8 Å². The van der Waals surface area contributed by atoms with Gasteiger partial charge in [0.05, 0.1) is 24.7 Å². The fourth-order valence-corrected chi connectivity index (χ4v) is 3.33. The van der Waals surface area contributed by atoms with Gasteiger partial charge >= 0.3 is 0 Å². The summed E-state index contributed by atoms with van der Waals surface area (Å²) in [5.41, 5.74) is 0.0341. The summed E-state index contributed by atoms with van der Waals surface area (Å²) in [6.07, 6.45) is 6.84. The van der Waals surface area contributed by atoms with Gasteiger partial charge in [0.1, 0.15) is 0 Å². The molecule has 2 rings (SSSR count). The zero-order valence-electron chi connectivity index (χ0n) is 12.9. The smallest absolute Gasteiger partial charge is 0.212 e. The molecule has 0 amide bonds. The minimum absolute atomic E-state index is 0.517. The van der Waals surface area contributed by atoms with E-state index in [0.717, 1.165) is 25.7 Å². The molecule has 0 spiro atoms. The van der Waals surface area contributed by atoms with Crippen molar-refractivity contribution in [1.82, 2.24) is 4.98 Å². The molecule has 4 heteroatoms. The second-order valence-electron chi connectivity index (χ2n) is 6.04. The largest absolute Gasteiger partial charge is 0.481 e. The molecule has 0 aliphatic heterocycles. The summed E-state index contributed by atoms with van der Waals surface area (Å²) >= 11 is 0. The van der Waals surface area contributed by atoms with Crippen molar-refractivity contribution >= 4 is 0 Å². The molecule has 1 aromatic heterocycles. The van der Waals surface area contributed by atoms with E-state index in [1.54, 1.807) is 25.4 Å². The molecular formula is C17H24N2O2. The summed E-state index contributed by atoms with van der Waals surface area (Å²) in [6, 6.07) is 5.93. The third-order valence-corrected chi connectivity index (χ3v) is 4.72. The first kappa shape index (κ1) is 15.8. The van der Waals surface area contributed by atoms with Crippen molar-refractivity contribution in [3.05, 3.63) is 23.9 Å². The van der Waals surface area contributed by atoms with Gasteiger partial charge in [-0.3, -0.25) is 0 Å². The number of aromatic nitrogens is 1. The molecule has 1 unspecified atom stereocenters. The molecule has 0 bridgehead atoms. The predicted octanol–water partition coefficient (Wildman–Crippen LogP) is 3.62. The van der Waals surface area contributed by atoms with Crippen LogP contribution in [0.2, 0.25) is 0 Å². The highest BCUT2D eigenvalue weighted by Gasteiger charge is 2.42. The summed E-state index contributed by atoms with van der Waals surface area (Å²) < 4.78 is 5.03. The highest BCUT2D eigenvalue weighted by Crippen LogP contribution is 2.47. The van der Waals surface area contributed by atoms with Gasteiger partial charge in [0.25, 0.3) is 0 Å². The van der Waals surface area contributed by atoms with Crippen LogP contribution < -0.4 is 4.74 Å². The Morgan fingerprint density at radius 1 is 1.48 bits per heavy atom. The summed E-state index contributed by atoms with van der Waals surface area (Å²) in [5.74, 6) is 1.22. The first-order valence-corrected chi connectivity index (χ1v) is 7.74. The number of pyridine rings is 1. The third kappa shape index (κ3) is 3.36. The van der Waals surface area contributed by atoms with E-state index in [1.807, 2.05) is 0 Å². The van der Waals surface area contributed by atoms with E-state index in [9.17, 15) is 10.4 Å². The first-order valence-electron chi connectivity index (χ1n) is 7.74. The molecule has 1 fully saturated rings. The van der Waals surface area contributed by atoms with Gasteiger partial charge in [0, 0.05) is 17.8 Å². The number of nitrogens with zero attached hydrogens (tertiary/aromatic N) is 2. The average Bonchev–Trinajstić information content (AvgIpc) is 2.55. The lowest BCUT2D eigenvalue weighted by Crippen LogP contribution is -2.32. The van der Waals surface area contributed by atoms with Crippen molar-refractivity contribution in [2.24, 2.45) is 11.3 Å². The molecule has 4 nitrogen and oxygen atoms in total. The van der Waals surface area contributed by atoms with Gasteiger partial charge in [0.15, 0.2) is 0 Å². The van der Waals surface area contributed by atoms with Crippen LogP contribution in [-0.4, -0.2) is 17.2 Å². The fraction of sp³-hybridized carbons (Fsp3) is 0.647. The number of aliphatic hydroxyl groups excluding tert-OH is 1. The molecule has 1 aliphatic rings. The van der Waals surface area contributed by atoms with Crippen LogP contribution in [0.25, 0.3) is 0 Å². The number of rotatable bonds is 5. The zero-order chi connectivity index (χ0) is 15.3. The Morgan fingerprint density at radius 3 is 2.67 bits per heavy atom. The van der Waals surface area contributed by atoms with Gasteiger partial charge in [-0.05, 0) is 37.7 Å². The molecule has 1 aromatic rings. The van der Waals surface area contributed by atoms with Crippen molar-refractivity contribution in [3.63, 3.8) is 0 Å². The molecule has 1 saturated carbocycles. The molecule has 0 saturated heterocycles. The molecule has 21 heavy (non-hydrogen) atoms. The fourth-order valence-electron chi connectivity index (χ4n) is 3.33. The lowest BCUT2D eigenvalue weighted by atomic mass is 9.66. The Balaban J connectivity index is 2.11. The SMILES string of the molecule is CCCC1CCC(C#N)(C(O)c2ccc(OC)nc2)CC1. The van der Waals surface area contributed by atoms with Gasteiger partial charge in [-0.2, -0.15) is 5.26 Å². The van der Waals surface area contributed by atoms with Gasteiger partial charge in [-0.15, -0.1) is 0 Å². The van der Waals surface area contributed by atoms with Gasteiger partial charge in [0.2, 0.25) is 5.88 Å². The van der Waals surface area contributed by atoms with Gasteiger partial charge < -0.3 is 9.84 Å². The summed E-state index contributed by atoms with van der Waals surface area (Å²) in [7, 11) is 1.56. The minimum Gasteiger partial charge on any atom is -0.481 e. The van der Waals surface area contributed by atoms with Crippen molar-refractivity contribution in [1.29, 1.82) is 5.26 Å². The topological polar surface area (TPSA) is 66.1 Å². The number of hydrogen-bond donors (Lipinski definition) is 1. The Morgan fingerprint density at radius 2 is 2.19 bits per heavy atom. The molecule has 114 valence electrons. The highest BCUT2D eigenvalue weighted by atomic mass is 16.5. The maximum atomic E-state index is 10.7. The van der Waals surface area contributed by atoms with E-state index in [0.29, 0.717) is 17.4 Å². The highest BCUT2D eigenvalue weighted by molar-refractivity contribution is 5.24. The summed E-state index contributed by atoms with van der Waals surface area (Å²) in [5, 5.41) is 20.3. The van der Waals surface area contributed by atoms with Crippen LogP contribution in [0.15, 0.2) is 18.3 Å². The van der Waals surface area contributed by atoms with E-state index in [-0.39, 0.29) is 0 Å². The number of nitriles is 1. The van der Waals surface area contributed by atoms with Crippen LogP contribution >= 0.6 is 0 Å². The summed E-state index contributed by atoms with van der Waals surface area (Å²) in [6.45, 7) is 2.20. The van der Waals surface area contributed by atoms with Crippen LogP contribution in [-0.2, 0) is 0 Å². The maximum Gasteiger partial charge on any atom is 0.212 e. The quantitative estimate of drug-likeness (QED) is 0.898. The van der Waals surface area contributed by atoms with Crippen molar-refractivity contribution in [2.75, 3.05) is 7.11 Å². The summed E-state index contributed by atoms with van der Waals surface area (Å²) in [4.78, 5) is 4.13. The molecule has 0 radical (unpaired) electrons. The first-order chi connectivity index (χ1) is 10.1. The zero-order valence-corrected chi connectivity index (χ0v) is 12.9. The van der Waals surface area contributed by atoms with Crippen molar-refractivity contribution < 1.29 is 9.84 Å². The molecule has 1 atom stereocenters. The van der Waals surface area contributed by atoms with Crippen molar-refractivity contribution in [2.45, 2.75) is 51.6 Å². The molecule has 1 aliphatic carbocycles. The second kappa shape index (κ2) is 6.91. The molecule has 1 heterocycles. The van der Waals surface area contributed by atoms with Crippen LogP contribution in [0.4, 0.5) is 0 Å². The normalized spacial score (nSPS) is 26.9. The second-order valence-corrected chi connectivity index (χ2v) is 6.04. The van der Waals surface area contributed by atoms with E-state index < -0.39 is 11.5 Å². The van der Waals surface area contributed by atoms with Gasteiger partial charge in [-0.25, -0.2) is 4.98 Å². The lowest BCUT2D eigenvalue weighted by molar-refractivity contribution is 0.0234. The van der Waals surface area contributed by atoms with Crippen LogP contribution in [0.3, 0.4) is 0 Å². The Labute approximate surface area is 126 Å². The Hall–Kier alpha value is -1.60. The number of methoxy groups -OCH3 is 1. The number of aliphatic hydroxyl groups is 1. The van der Waals surface area contributed by atoms with E-state index in [1.165, 1.54) is 12.8 Å². The predicted molar refractivity (Wildman–Crippen MR) is 80.7 cm³/mol. The van der Waals surface area contributed by atoms with Crippen LogP contribution in [0.1, 0.15) is 57.1 Å². The maximum absolute atomic E-state index is 10.7. The Kier molecular flexibility index (Phi) is 5.19. The standard InChI is InChI=1S/C17H24N2O2/c1-3-4-13-7-9-17(12-18,10-8-13)16(20)14-5-6-15(21-2)19-11-14/h5-6,11,13,16,20H,3-4,7-10H2,1-2H3. The average molecular weight is 288 g/mol. The number of ether oxygens (including phenoxy) is 1.